The highest BCUT2D eigenvalue weighted by Gasteiger charge is 2.37. The van der Waals surface area contributed by atoms with E-state index < -0.39 is 0 Å². The van der Waals surface area contributed by atoms with E-state index in [9.17, 15) is 14.4 Å². The van der Waals surface area contributed by atoms with Gasteiger partial charge < -0.3 is 20.2 Å². The number of amides is 3. The SMILES string of the molecule is CC(C)C.CC[C@H](C(=O)NCC(=O)N(C)[C@H](CN1CCCC[C@H]1C(=O)N1CCCCC1)C(C)C)C(C)(C)c1ccccc1.O=CO. The van der Waals surface area contributed by atoms with Gasteiger partial charge in [0.2, 0.25) is 17.7 Å². The summed E-state index contributed by atoms with van der Waals surface area (Å²) in [6, 6.07) is 9.98. The molecule has 46 heavy (non-hydrogen) atoms. The Kier molecular flexibility index (Phi) is 18.8. The number of nitrogens with zero attached hydrogens (tertiary/aromatic N) is 3. The first-order valence-corrected chi connectivity index (χ1v) is 17.4. The molecular formula is C37H64N4O5. The molecule has 0 spiro atoms. The van der Waals surface area contributed by atoms with Crippen molar-refractivity contribution in [2.45, 2.75) is 118 Å². The van der Waals surface area contributed by atoms with Crippen LogP contribution in [0.3, 0.4) is 0 Å². The summed E-state index contributed by atoms with van der Waals surface area (Å²) in [5, 5.41) is 9.84. The second-order valence-corrected chi connectivity index (χ2v) is 14.3. The predicted molar refractivity (Wildman–Crippen MR) is 187 cm³/mol. The van der Waals surface area contributed by atoms with Crippen molar-refractivity contribution in [1.82, 2.24) is 20.0 Å². The Hall–Kier alpha value is -2.94. The van der Waals surface area contributed by atoms with Gasteiger partial charge in [0.05, 0.1) is 12.6 Å². The lowest BCUT2D eigenvalue weighted by Gasteiger charge is -2.42. The highest BCUT2D eigenvalue weighted by molar-refractivity contribution is 5.86. The van der Waals surface area contributed by atoms with Crippen LogP contribution in [0.1, 0.15) is 106 Å². The molecule has 0 unspecified atom stereocenters. The Bertz CT molecular complexity index is 1040. The van der Waals surface area contributed by atoms with Crippen molar-refractivity contribution in [3.05, 3.63) is 35.9 Å². The maximum absolute atomic E-state index is 13.4. The first-order chi connectivity index (χ1) is 21.7. The van der Waals surface area contributed by atoms with Gasteiger partial charge in [0.25, 0.3) is 6.47 Å². The monoisotopic (exact) mass is 644 g/mol. The third kappa shape index (κ3) is 13.0. The lowest BCUT2D eigenvalue weighted by Crippen LogP contribution is -2.57. The molecule has 1 aromatic rings. The summed E-state index contributed by atoms with van der Waals surface area (Å²) in [6.07, 6.45) is 7.13. The Balaban J connectivity index is 0.00000137. The third-order valence-electron chi connectivity index (χ3n) is 9.18. The van der Waals surface area contributed by atoms with Crippen LogP contribution in [0.25, 0.3) is 0 Å². The number of hydrogen-bond donors (Lipinski definition) is 2. The highest BCUT2D eigenvalue weighted by Crippen LogP contribution is 2.34. The van der Waals surface area contributed by atoms with E-state index in [0.29, 0.717) is 13.0 Å². The fourth-order valence-electron chi connectivity index (χ4n) is 6.52. The molecule has 3 atom stereocenters. The van der Waals surface area contributed by atoms with E-state index in [1.54, 1.807) is 4.90 Å². The largest absolute Gasteiger partial charge is 0.483 e. The second-order valence-electron chi connectivity index (χ2n) is 14.3. The number of nitrogens with one attached hydrogen (secondary N) is 1. The first-order valence-electron chi connectivity index (χ1n) is 17.4. The highest BCUT2D eigenvalue weighted by atomic mass is 16.3. The molecule has 0 saturated carbocycles. The van der Waals surface area contributed by atoms with E-state index >= 15 is 0 Å². The molecule has 2 aliphatic heterocycles. The van der Waals surface area contributed by atoms with E-state index in [1.165, 1.54) is 6.42 Å². The number of carbonyl (C=O) groups is 4. The molecule has 262 valence electrons. The van der Waals surface area contributed by atoms with Gasteiger partial charge in [-0.05, 0) is 62.5 Å². The Morgan fingerprint density at radius 2 is 1.52 bits per heavy atom. The van der Waals surface area contributed by atoms with Gasteiger partial charge in [0.15, 0.2) is 0 Å². The number of likely N-dealkylation sites (N-methyl/N-ethyl adjacent to an activating group) is 1. The van der Waals surface area contributed by atoms with E-state index in [2.05, 4.69) is 75.7 Å². The molecule has 2 aliphatic rings. The Morgan fingerprint density at radius 3 is 2.04 bits per heavy atom. The van der Waals surface area contributed by atoms with E-state index in [0.717, 1.165) is 63.2 Å². The minimum Gasteiger partial charge on any atom is -0.483 e. The van der Waals surface area contributed by atoms with Gasteiger partial charge in [0, 0.05) is 44.1 Å². The van der Waals surface area contributed by atoms with Crippen LogP contribution >= 0.6 is 0 Å². The zero-order valence-corrected chi connectivity index (χ0v) is 30.3. The lowest BCUT2D eigenvalue weighted by molar-refractivity contribution is -0.141. The number of carbonyl (C=O) groups excluding carboxylic acids is 3. The van der Waals surface area contributed by atoms with Gasteiger partial charge in [-0.15, -0.1) is 0 Å². The van der Waals surface area contributed by atoms with Crippen molar-refractivity contribution in [2.75, 3.05) is 39.8 Å². The molecular weight excluding hydrogens is 580 g/mol. The minimum absolute atomic E-state index is 0.0178. The van der Waals surface area contributed by atoms with E-state index in [-0.39, 0.29) is 60.1 Å². The van der Waals surface area contributed by atoms with Gasteiger partial charge in [0.1, 0.15) is 0 Å². The van der Waals surface area contributed by atoms with Gasteiger partial charge in [-0.1, -0.05) is 92.1 Å². The molecule has 0 radical (unpaired) electrons. The molecule has 2 saturated heterocycles. The molecule has 3 rings (SSSR count). The van der Waals surface area contributed by atoms with Crippen LogP contribution in [-0.4, -0.2) is 95.9 Å². The predicted octanol–water partition coefficient (Wildman–Crippen LogP) is 5.82. The molecule has 2 N–H and O–H groups in total. The van der Waals surface area contributed by atoms with Gasteiger partial charge in [-0.25, -0.2) is 0 Å². The second kappa shape index (κ2) is 21.0. The van der Waals surface area contributed by atoms with Crippen LogP contribution in [0.15, 0.2) is 30.3 Å². The standard InChI is InChI=1S/C32H52N4O3.C4H10.CH2O2/c1-7-26(32(4,5)25-16-10-8-11-17-25)30(38)33-22-29(37)34(6)28(24(2)3)23-36-21-15-12-18-27(36)31(39)35-19-13-9-14-20-35;1-4(2)3;2-1-3/h8,10-11,16-17,24,26-28H,7,9,12-15,18-23H2,1-6H3,(H,33,38);4H,1-3H3;1H,(H,2,3)/t26-,27+,28-;;/m1../s1. The summed E-state index contributed by atoms with van der Waals surface area (Å²) in [4.78, 5) is 54.6. The molecule has 9 nitrogen and oxygen atoms in total. The average Bonchev–Trinajstić information content (AvgIpc) is 3.03. The number of carboxylic acid groups (broad SMARTS) is 1. The quantitative estimate of drug-likeness (QED) is 0.294. The van der Waals surface area contributed by atoms with Gasteiger partial charge >= 0.3 is 0 Å². The summed E-state index contributed by atoms with van der Waals surface area (Å²) in [7, 11) is 1.84. The summed E-state index contributed by atoms with van der Waals surface area (Å²) in [5.74, 6) is 0.907. The normalized spacial score (nSPS) is 18.3. The molecule has 0 bridgehead atoms. The summed E-state index contributed by atoms with van der Waals surface area (Å²) < 4.78 is 0. The molecule has 1 aromatic carbocycles. The van der Waals surface area contributed by atoms with Crippen LogP contribution in [0, 0.1) is 17.8 Å². The first kappa shape index (κ1) is 41.1. The van der Waals surface area contributed by atoms with Crippen LogP contribution < -0.4 is 5.32 Å². The summed E-state index contributed by atoms with van der Waals surface area (Å²) in [6.45, 7) is 20.0. The van der Waals surface area contributed by atoms with Gasteiger partial charge in [-0.3, -0.25) is 24.1 Å². The van der Waals surface area contributed by atoms with Crippen molar-refractivity contribution in [3.63, 3.8) is 0 Å². The molecule has 3 amide bonds. The number of piperidine rings is 2. The summed E-state index contributed by atoms with van der Waals surface area (Å²) >= 11 is 0. The smallest absolute Gasteiger partial charge is 0.290 e. The van der Waals surface area contributed by atoms with Crippen LogP contribution in [0.5, 0.6) is 0 Å². The van der Waals surface area contributed by atoms with Crippen LogP contribution in [0.2, 0.25) is 0 Å². The maximum Gasteiger partial charge on any atom is 0.290 e. The zero-order chi connectivity index (χ0) is 34.9. The number of benzene rings is 1. The van der Waals surface area contributed by atoms with Crippen molar-refractivity contribution in [3.8, 4) is 0 Å². The molecule has 0 aliphatic carbocycles. The number of rotatable bonds is 11. The van der Waals surface area contributed by atoms with Crippen molar-refractivity contribution in [1.29, 1.82) is 0 Å². The fraction of sp³-hybridized carbons (Fsp3) is 0.730. The average molecular weight is 645 g/mol. The van der Waals surface area contributed by atoms with E-state index in [1.807, 2.05) is 32.2 Å². The molecule has 9 heteroatoms. The van der Waals surface area contributed by atoms with Crippen LogP contribution in [-0.2, 0) is 24.6 Å². The topological polar surface area (TPSA) is 110 Å². The van der Waals surface area contributed by atoms with Crippen molar-refractivity contribution < 1.29 is 24.3 Å². The fourth-order valence-corrected chi connectivity index (χ4v) is 6.52. The number of hydrogen-bond acceptors (Lipinski definition) is 5. The van der Waals surface area contributed by atoms with E-state index in [4.69, 9.17) is 9.90 Å². The molecule has 2 heterocycles. The Labute approximate surface area is 279 Å². The molecule has 2 fully saturated rings. The third-order valence-corrected chi connectivity index (χ3v) is 9.18. The lowest BCUT2D eigenvalue weighted by atomic mass is 9.71. The maximum atomic E-state index is 13.4. The Morgan fingerprint density at radius 1 is 0.978 bits per heavy atom. The van der Waals surface area contributed by atoms with Crippen molar-refractivity contribution >= 4 is 24.2 Å². The summed E-state index contributed by atoms with van der Waals surface area (Å²) in [5.41, 5.74) is 0.769. The minimum atomic E-state index is -0.348. The van der Waals surface area contributed by atoms with Gasteiger partial charge in [-0.2, -0.15) is 0 Å². The number of likely N-dealkylation sites (tertiary alicyclic amines) is 2. The zero-order valence-electron chi connectivity index (χ0n) is 30.3. The van der Waals surface area contributed by atoms with Crippen LogP contribution in [0.4, 0.5) is 0 Å². The van der Waals surface area contributed by atoms with Crippen molar-refractivity contribution in [2.24, 2.45) is 17.8 Å². The molecule has 0 aromatic heterocycles.